The zero-order chi connectivity index (χ0) is 22.2. The highest BCUT2D eigenvalue weighted by Gasteiger charge is 2.23. The summed E-state index contributed by atoms with van der Waals surface area (Å²) < 4.78 is 25.0. The van der Waals surface area contributed by atoms with Crippen molar-refractivity contribution < 1.29 is 13.2 Å². The van der Waals surface area contributed by atoms with E-state index in [1.165, 1.54) is 6.26 Å². The number of rotatable bonds is 4. The number of carbonyl (C=O) groups is 1. The monoisotopic (exact) mass is 441 g/mol. The van der Waals surface area contributed by atoms with Gasteiger partial charge in [0.25, 0.3) is 5.91 Å². The number of hydrogen-bond donors (Lipinski definition) is 0. The van der Waals surface area contributed by atoms with E-state index in [1.54, 1.807) is 22.8 Å². The Balaban J connectivity index is 1.43. The number of benzene rings is 1. The quantitative estimate of drug-likeness (QED) is 0.616. The molecule has 0 bridgehead atoms. The van der Waals surface area contributed by atoms with Gasteiger partial charge < -0.3 is 4.90 Å². The van der Waals surface area contributed by atoms with Gasteiger partial charge in [0, 0.05) is 51.2 Å². The molecule has 1 saturated heterocycles. The predicted octanol–water partition coefficient (Wildman–Crippen LogP) is 2.10. The van der Waals surface area contributed by atoms with Crippen LogP contribution in [-0.4, -0.2) is 71.2 Å². The van der Waals surface area contributed by atoms with Crippen LogP contribution in [0.5, 0.6) is 0 Å². The highest BCUT2D eigenvalue weighted by Crippen LogP contribution is 2.17. The summed E-state index contributed by atoms with van der Waals surface area (Å²) in [5, 5.41) is 4.44. The summed E-state index contributed by atoms with van der Waals surface area (Å²) in [7, 11) is -3.19. The summed E-state index contributed by atoms with van der Waals surface area (Å²) in [6.45, 7) is 7.51. The predicted molar refractivity (Wildman–Crippen MR) is 118 cm³/mol. The van der Waals surface area contributed by atoms with Gasteiger partial charge in [0.15, 0.2) is 15.5 Å². The second-order valence-electron chi connectivity index (χ2n) is 8.15. The van der Waals surface area contributed by atoms with Crippen LogP contribution in [0.1, 0.15) is 33.7 Å². The first-order chi connectivity index (χ1) is 14.7. The van der Waals surface area contributed by atoms with Gasteiger partial charge >= 0.3 is 0 Å². The first-order valence-electron chi connectivity index (χ1n) is 10.3. The van der Waals surface area contributed by atoms with Crippen molar-refractivity contribution >= 4 is 21.4 Å². The van der Waals surface area contributed by atoms with Crippen LogP contribution in [0.25, 0.3) is 5.65 Å². The third-order valence-electron chi connectivity index (χ3n) is 5.71. The Labute approximate surface area is 182 Å². The number of fused-ring (bicyclic) bond motifs is 1. The van der Waals surface area contributed by atoms with Crippen molar-refractivity contribution in [3.8, 4) is 0 Å². The molecule has 3 heterocycles. The lowest BCUT2D eigenvalue weighted by atomic mass is 10.2. The largest absolute Gasteiger partial charge is 0.337 e. The van der Waals surface area contributed by atoms with Crippen molar-refractivity contribution in [2.24, 2.45) is 0 Å². The van der Waals surface area contributed by atoms with Gasteiger partial charge in [-0.05, 0) is 38.0 Å². The van der Waals surface area contributed by atoms with Crippen molar-refractivity contribution in [1.29, 1.82) is 0 Å². The van der Waals surface area contributed by atoms with E-state index in [-0.39, 0.29) is 5.91 Å². The standard InChI is InChI=1S/C22H27N5O3S/c1-16-13-21-23-14-20(17(2)27(21)24-16)22(28)26-10-4-9-25(11-12-26)15-18-5-7-19(8-6-18)31(3,29)30/h5-8,13-14H,4,9-12,15H2,1-3H3. The number of sulfone groups is 1. The van der Waals surface area contributed by atoms with E-state index < -0.39 is 9.84 Å². The number of aryl methyl sites for hydroxylation is 2. The van der Waals surface area contributed by atoms with Gasteiger partial charge in [0.1, 0.15) is 0 Å². The molecule has 0 aliphatic carbocycles. The molecule has 3 aromatic rings. The van der Waals surface area contributed by atoms with Crippen molar-refractivity contribution in [3.63, 3.8) is 0 Å². The Morgan fingerprint density at radius 2 is 1.81 bits per heavy atom. The Bertz CT molecular complexity index is 1220. The third-order valence-corrected chi connectivity index (χ3v) is 6.84. The van der Waals surface area contributed by atoms with Crippen LogP contribution in [0, 0.1) is 13.8 Å². The average molecular weight is 442 g/mol. The highest BCUT2D eigenvalue weighted by molar-refractivity contribution is 7.90. The molecule has 164 valence electrons. The fourth-order valence-corrected chi connectivity index (χ4v) is 4.61. The van der Waals surface area contributed by atoms with Gasteiger partial charge in [-0.1, -0.05) is 12.1 Å². The van der Waals surface area contributed by atoms with E-state index in [9.17, 15) is 13.2 Å². The fraction of sp³-hybridized carbons (Fsp3) is 0.409. The lowest BCUT2D eigenvalue weighted by molar-refractivity contribution is 0.0759. The maximum absolute atomic E-state index is 13.2. The van der Waals surface area contributed by atoms with Crippen LogP contribution >= 0.6 is 0 Å². The topological polar surface area (TPSA) is 87.9 Å². The van der Waals surface area contributed by atoms with E-state index in [0.29, 0.717) is 23.5 Å². The lowest BCUT2D eigenvalue weighted by Crippen LogP contribution is -2.35. The summed E-state index contributed by atoms with van der Waals surface area (Å²) in [4.78, 5) is 22.1. The number of hydrogen-bond acceptors (Lipinski definition) is 6. The molecular formula is C22H27N5O3S. The molecule has 31 heavy (non-hydrogen) atoms. The molecule has 1 fully saturated rings. The smallest absolute Gasteiger partial charge is 0.257 e. The minimum absolute atomic E-state index is 0.0144. The Kier molecular flexibility index (Phi) is 5.81. The van der Waals surface area contributed by atoms with Crippen molar-refractivity contribution in [2.45, 2.75) is 31.7 Å². The van der Waals surface area contributed by atoms with Gasteiger partial charge in [-0.15, -0.1) is 0 Å². The SMILES string of the molecule is Cc1cc2ncc(C(=O)N3CCCN(Cc4ccc(S(C)(=O)=O)cc4)CC3)c(C)n2n1. The molecule has 4 rings (SSSR count). The molecule has 0 N–H and O–H groups in total. The van der Waals surface area contributed by atoms with E-state index in [2.05, 4.69) is 15.0 Å². The molecular weight excluding hydrogens is 414 g/mol. The zero-order valence-corrected chi connectivity index (χ0v) is 18.9. The Hall–Kier alpha value is -2.78. The molecule has 0 saturated carbocycles. The van der Waals surface area contributed by atoms with Crippen LogP contribution in [-0.2, 0) is 16.4 Å². The molecule has 0 atom stereocenters. The van der Waals surface area contributed by atoms with Crippen LogP contribution < -0.4 is 0 Å². The molecule has 0 unspecified atom stereocenters. The molecule has 0 radical (unpaired) electrons. The number of carbonyl (C=O) groups excluding carboxylic acids is 1. The van der Waals surface area contributed by atoms with E-state index in [1.807, 2.05) is 36.9 Å². The van der Waals surface area contributed by atoms with Crippen molar-refractivity contribution in [2.75, 3.05) is 32.4 Å². The minimum Gasteiger partial charge on any atom is -0.337 e. The van der Waals surface area contributed by atoms with Gasteiger partial charge in [-0.3, -0.25) is 9.69 Å². The maximum Gasteiger partial charge on any atom is 0.257 e. The molecule has 1 aliphatic rings. The van der Waals surface area contributed by atoms with Gasteiger partial charge in [-0.25, -0.2) is 17.9 Å². The van der Waals surface area contributed by atoms with Crippen LogP contribution in [0.15, 0.2) is 41.4 Å². The van der Waals surface area contributed by atoms with Gasteiger partial charge in [0.2, 0.25) is 0 Å². The number of amides is 1. The first kappa shape index (κ1) is 21.5. The minimum atomic E-state index is -3.19. The lowest BCUT2D eigenvalue weighted by Gasteiger charge is -2.22. The summed E-state index contributed by atoms with van der Waals surface area (Å²) in [5.74, 6) is -0.0144. The summed E-state index contributed by atoms with van der Waals surface area (Å²) in [5.41, 5.74) is 4.06. The molecule has 1 aliphatic heterocycles. The van der Waals surface area contributed by atoms with E-state index in [0.717, 1.165) is 48.7 Å². The number of nitrogens with zero attached hydrogens (tertiary/aromatic N) is 5. The van der Waals surface area contributed by atoms with Gasteiger partial charge in [-0.2, -0.15) is 5.10 Å². The fourth-order valence-electron chi connectivity index (χ4n) is 3.98. The second-order valence-corrected chi connectivity index (χ2v) is 10.2. The van der Waals surface area contributed by atoms with Crippen molar-refractivity contribution in [1.82, 2.24) is 24.4 Å². The molecule has 8 nitrogen and oxygen atoms in total. The summed E-state index contributed by atoms with van der Waals surface area (Å²) >= 11 is 0. The van der Waals surface area contributed by atoms with E-state index in [4.69, 9.17) is 0 Å². The van der Waals surface area contributed by atoms with Crippen LogP contribution in [0.2, 0.25) is 0 Å². The van der Waals surface area contributed by atoms with E-state index >= 15 is 0 Å². The molecule has 1 amide bonds. The summed E-state index contributed by atoms with van der Waals surface area (Å²) in [6, 6.07) is 8.93. The molecule has 2 aromatic heterocycles. The Morgan fingerprint density at radius 3 is 2.52 bits per heavy atom. The van der Waals surface area contributed by atoms with Gasteiger partial charge in [0.05, 0.1) is 21.8 Å². The second kappa shape index (κ2) is 8.39. The first-order valence-corrected chi connectivity index (χ1v) is 12.2. The molecule has 0 spiro atoms. The maximum atomic E-state index is 13.2. The highest BCUT2D eigenvalue weighted by atomic mass is 32.2. The number of aromatic nitrogens is 3. The zero-order valence-electron chi connectivity index (χ0n) is 18.1. The normalized spacial score (nSPS) is 15.9. The average Bonchev–Trinajstić information content (AvgIpc) is 2.95. The Morgan fingerprint density at radius 1 is 1.06 bits per heavy atom. The van der Waals surface area contributed by atoms with Crippen molar-refractivity contribution in [3.05, 3.63) is 59.0 Å². The van der Waals surface area contributed by atoms with Crippen LogP contribution in [0.4, 0.5) is 0 Å². The van der Waals surface area contributed by atoms with Crippen LogP contribution in [0.3, 0.4) is 0 Å². The summed E-state index contributed by atoms with van der Waals surface area (Å²) in [6.07, 6.45) is 3.74. The third kappa shape index (κ3) is 4.62. The molecule has 9 heteroatoms. The molecule has 1 aromatic carbocycles.